The summed E-state index contributed by atoms with van der Waals surface area (Å²) >= 11 is 0. The highest BCUT2D eigenvalue weighted by molar-refractivity contribution is 5.77. The molecule has 0 bridgehead atoms. The number of aromatic amines is 2. The molecule has 1 aromatic heterocycles. The van der Waals surface area contributed by atoms with Crippen LogP contribution in [0.3, 0.4) is 0 Å². The Hall–Kier alpha value is -2.08. The summed E-state index contributed by atoms with van der Waals surface area (Å²) in [5.74, 6) is 0.705. The Morgan fingerprint density at radius 3 is 2.88 bits per heavy atom. The monoisotopic (exact) mass is 357 g/mol. The van der Waals surface area contributed by atoms with Crippen molar-refractivity contribution in [3.63, 3.8) is 0 Å². The maximum atomic E-state index is 12.7. The quantitative estimate of drug-likeness (QED) is 0.863. The first-order valence-corrected chi connectivity index (χ1v) is 9.46. The molecule has 1 amide bonds. The van der Waals surface area contributed by atoms with Crippen LogP contribution in [0, 0.1) is 11.3 Å². The average Bonchev–Trinajstić information content (AvgIpc) is 3.18. The summed E-state index contributed by atoms with van der Waals surface area (Å²) < 4.78 is 5.84. The summed E-state index contributed by atoms with van der Waals surface area (Å²) in [6.07, 6.45) is 3.54. The number of carbonyl (C=O) groups excluding carboxylic acids is 1. The Kier molecular flexibility index (Phi) is 4.18. The fourth-order valence-electron chi connectivity index (χ4n) is 5.09. The Balaban J connectivity index is 1.34. The third-order valence-corrected chi connectivity index (χ3v) is 6.29. The van der Waals surface area contributed by atoms with Crippen molar-refractivity contribution in [3.8, 4) is 0 Å². The number of ether oxygens (including phenoxy) is 1. The van der Waals surface area contributed by atoms with Gasteiger partial charge in [-0.05, 0) is 37.0 Å². The molecule has 6 nitrogen and oxygen atoms in total. The number of benzene rings is 1. The lowest BCUT2D eigenvalue weighted by atomic mass is 9.57. The number of H-pyrrole nitrogens is 2. The fraction of sp³-hybridized carbons (Fsp3) is 0.600. The van der Waals surface area contributed by atoms with E-state index >= 15 is 0 Å². The van der Waals surface area contributed by atoms with Crippen molar-refractivity contribution < 1.29 is 9.53 Å². The van der Waals surface area contributed by atoms with E-state index in [1.54, 1.807) is 0 Å². The molecule has 1 aliphatic heterocycles. The van der Waals surface area contributed by atoms with Gasteiger partial charge in [-0.1, -0.05) is 19.9 Å². The van der Waals surface area contributed by atoms with E-state index < -0.39 is 0 Å². The van der Waals surface area contributed by atoms with Gasteiger partial charge in [0.1, 0.15) is 0 Å². The normalized spacial score (nSPS) is 26.5. The van der Waals surface area contributed by atoms with Crippen LogP contribution < -0.4 is 5.69 Å². The summed E-state index contributed by atoms with van der Waals surface area (Å²) in [6.45, 7) is 5.24. The van der Waals surface area contributed by atoms with E-state index in [1.165, 1.54) is 0 Å². The molecule has 1 saturated carbocycles. The van der Waals surface area contributed by atoms with E-state index in [4.69, 9.17) is 4.74 Å². The molecular weight excluding hydrogens is 330 g/mol. The van der Waals surface area contributed by atoms with Crippen LogP contribution in [0.15, 0.2) is 23.0 Å². The van der Waals surface area contributed by atoms with Crippen LogP contribution in [0.2, 0.25) is 0 Å². The highest BCUT2D eigenvalue weighted by atomic mass is 16.5. The number of imidazole rings is 1. The Morgan fingerprint density at radius 2 is 2.08 bits per heavy atom. The molecule has 0 spiro atoms. The standard InChI is InChI=1S/C20H27N3O3/c1-20(2)17(13-9-10-26-18(13)20)23(3)16(24)6-4-5-12-7-8-14-15(11-12)22-19(25)21-14/h7-8,11,13,17-18H,4-6,9-10H2,1-3H3,(H2,21,22,25). The number of hydrogen-bond acceptors (Lipinski definition) is 3. The fourth-order valence-corrected chi connectivity index (χ4v) is 5.09. The van der Waals surface area contributed by atoms with Gasteiger partial charge in [0.25, 0.3) is 0 Å². The van der Waals surface area contributed by atoms with Gasteiger partial charge in [-0.3, -0.25) is 4.79 Å². The first kappa shape index (κ1) is 17.3. The summed E-state index contributed by atoms with van der Waals surface area (Å²) in [5, 5.41) is 0. The topological polar surface area (TPSA) is 78.2 Å². The van der Waals surface area contributed by atoms with Gasteiger partial charge in [0.15, 0.2) is 0 Å². The zero-order chi connectivity index (χ0) is 18.5. The molecule has 3 unspecified atom stereocenters. The smallest absolute Gasteiger partial charge is 0.323 e. The molecule has 1 aromatic carbocycles. The van der Waals surface area contributed by atoms with Crippen molar-refractivity contribution in [2.45, 2.75) is 51.7 Å². The van der Waals surface area contributed by atoms with Crippen LogP contribution in [-0.4, -0.2) is 46.6 Å². The molecule has 3 atom stereocenters. The van der Waals surface area contributed by atoms with Gasteiger partial charge in [-0.25, -0.2) is 4.79 Å². The Labute approximate surface area is 152 Å². The molecular formula is C20H27N3O3. The van der Waals surface area contributed by atoms with Crippen LogP contribution in [0.4, 0.5) is 0 Å². The number of hydrogen-bond donors (Lipinski definition) is 2. The predicted molar refractivity (Wildman–Crippen MR) is 100 cm³/mol. The molecule has 2 aliphatic rings. The van der Waals surface area contributed by atoms with Crippen molar-refractivity contribution in [2.75, 3.05) is 13.7 Å². The molecule has 2 N–H and O–H groups in total. The minimum absolute atomic E-state index is 0.0385. The minimum Gasteiger partial charge on any atom is -0.377 e. The maximum Gasteiger partial charge on any atom is 0.323 e. The molecule has 2 aromatic rings. The van der Waals surface area contributed by atoms with E-state index in [0.29, 0.717) is 18.4 Å². The number of nitrogens with one attached hydrogen (secondary N) is 2. The van der Waals surface area contributed by atoms with Crippen molar-refractivity contribution in [1.29, 1.82) is 0 Å². The number of rotatable bonds is 5. The molecule has 1 aliphatic carbocycles. The summed E-state index contributed by atoms with van der Waals surface area (Å²) in [5.41, 5.74) is 2.62. The first-order chi connectivity index (χ1) is 12.4. The Bertz CT molecular complexity index is 882. The molecule has 4 rings (SSSR count). The number of nitrogens with zero attached hydrogens (tertiary/aromatic N) is 1. The van der Waals surface area contributed by atoms with Crippen molar-refractivity contribution >= 4 is 16.9 Å². The molecule has 26 heavy (non-hydrogen) atoms. The lowest BCUT2D eigenvalue weighted by molar-refractivity contribution is -0.167. The van der Waals surface area contributed by atoms with Crippen LogP contribution in [0.1, 0.15) is 38.7 Å². The number of amides is 1. The van der Waals surface area contributed by atoms with Crippen molar-refractivity contribution in [1.82, 2.24) is 14.9 Å². The van der Waals surface area contributed by atoms with Gasteiger partial charge < -0.3 is 19.6 Å². The molecule has 140 valence electrons. The highest BCUT2D eigenvalue weighted by Crippen LogP contribution is 2.54. The van der Waals surface area contributed by atoms with Crippen molar-refractivity contribution in [3.05, 3.63) is 34.2 Å². The van der Waals surface area contributed by atoms with Gasteiger partial charge >= 0.3 is 5.69 Å². The number of aromatic nitrogens is 2. The summed E-state index contributed by atoms with van der Waals surface area (Å²) in [7, 11) is 1.94. The van der Waals surface area contributed by atoms with Crippen molar-refractivity contribution in [2.24, 2.45) is 11.3 Å². The lowest BCUT2D eigenvalue weighted by Crippen LogP contribution is -2.66. The molecule has 2 heterocycles. The molecule has 6 heteroatoms. The van der Waals surface area contributed by atoms with Crippen LogP contribution in [0.5, 0.6) is 0 Å². The van der Waals surface area contributed by atoms with E-state index in [0.717, 1.165) is 42.5 Å². The van der Waals surface area contributed by atoms with Gasteiger partial charge in [0.2, 0.25) is 5.91 Å². The second-order valence-electron chi connectivity index (χ2n) is 8.33. The second kappa shape index (κ2) is 6.27. The lowest BCUT2D eigenvalue weighted by Gasteiger charge is -2.57. The Morgan fingerprint density at radius 1 is 1.31 bits per heavy atom. The number of fused-ring (bicyclic) bond motifs is 2. The van der Waals surface area contributed by atoms with Gasteiger partial charge in [0.05, 0.1) is 17.1 Å². The van der Waals surface area contributed by atoms with Gasteiger partial charge in [-0.15, -0.1) is 0 Å². The third-order valence-electron chi connectivity index (χ3n) is 6.29. The van der Waals surface area contributed by atoms with Crippen LogP contribution >= 0.6 is 0 Å². The molecule has 0 radical (unpaired) electrons. The van der Waals surface area contributed by atoms with Crippen LogP contribution in [-0.2, 0) is 16.0 Å². The largest absolute Gasteiger partial charge is 0.377 e. The maximum absolute atomic E-state index is 12.7. The third kappa shape index (κ3) is 2.76. The average molecular weight is 357 g/mol. The number of aryl methyl sites for hydroxylation is 1. The number of carbonyl (C=O) groups is 1. The highest BCUT2D eigenvalue weighted by Gasteiger charge is 2.61. The van der Waals surface area contributed by atoms with E-state index in [-0.39, 0.29) is 23.1 Å². The van der Waals surface area contributed by atoms with E-state index in [2.05, 4.69) is 23.8 Å². The second-order valence-corrected chi connectivity index (χ2v) is 8.33. The predicted octanol–water partition coefficient (Wildman–Crippen LogP) is 2.45. The molecule has 2 fully saturated rings. The molecule has 1 saturated heterocycles. The first-order valence-electron chi connectivity index (χ1n) is 9.46. The SMILES string of the molecule is CN(C(=O)CCCc1ccc2[nH]c(=O)[nH]c2c1)C1C2CCOC2C1(C)C. The summed E-state index contributed by atoms with van der Waals surface area (Å²) in [6, 6.07) is 6.18. The van der Waals surface area contributed by atoms with Gasteiger partial charge in [0, 0.05) is 37.5 Å². The summed E-state index contributed by atoms with van der Waals surface area (Å²) in [4.78, 5) is 31.5. The van der Waals surface area contributed by atoms with Gasteiger partial charge in [-0.2, -0.15) is 0 Å². The van der Waals surface area contributed by atoms with E-state index in [1.807, 2.05) is 30.1 Å². The zero-order valence-electron chi connectivity index (χ0n) is 15.7. The van der Waals surface area contributed by atoms with E-state index in [9.17, 15) is 9.59 Å². The van der Waals surface area contributed by atoms with Crippen LogP contribution in [0.25, 0.3) is 11.0 Å². The minimum atomic E-state index is -0.189. The zero-order valence-corrected chi connectivity index (χ0v) is 15.7.